The van der Waals surface area contributed by atoms with Crippen molar-refractivity contribution in [3.63, 3.8) is 0 Å². The maximum Gasteiger partial charge on any atom is 0.0539 e. The Balaban J connectivity index is 1.68. The molecule has 0 spiro atoms. The van der Waals surface area contributed by atoms with E-state index < -0.39 is 0 Å². The number of benzene rings is 3. The summed E-state index contributed by atoms with van der Waals surface area (Å²) in [4.78, 5) is 2.27. The quantitative estimate of drug-likeness (QED) is 0.344. The van der Waals surface area contributed by atoms with Crippen molar-refractivity contribution in [1.29, 1.82) is 0 Å². The van der Waals surface area contributed by atoms with E-state index in [1.165, 1.54) is 52.1 Å². The van der Waals surface area contributed by atoms with Gasteiger partial charge in [0.25, 0.3) is 0 Å². The first-order valence-corrected chi connectivity index (χ1v) is 11.0. The van der Waals surface area contributed by atoms with Crippen LogP contribution in [0.3, 0.4) is 0 Å². The molecule has 0 aliphatic heterocycles. The van der Waals surface area contributed by atoms with Gasteiger partial charge in [-0.2, -0.15) is 0 Å². The molecule has 0 radical (unpaired) electrons. The van der Waals surface area contributed by atoms with Crippen LogP contribution >= 0.6 is 0 Å². The number of anilines is 2. The van der Waals surface area contributed by atoms with Crippen LogP contribution in [-0.4, -0.2) is 11.6 Å². The lowest BCUT2D eigenvalue weighted by atomic mass is 9.89. The van der Waals surface area contributed by atoms with E-state index in [0.29, 0.717) is 5.92 Å². The van der Waals surface area contributed by atoms with Gasteiger partial charge in [-0.25, -0.2) is 0 Å². The van der Waals surface area contributed by atoms with Crippen LogP contribution in [0, 0.1) is 5.92 Å². The fourth-order valence-corrected chi connectivity index (χ4v) is 4.74. The summed E-state index contributed by atoms with van der Waals surface area (Å²) < 4.78 is 2.43. The molecule has 0 amide bonds. The Morgan fingerprint density at radius 2 is 1.63 bits per heavy atom. The van der Waals surface area contributed by atoms with Crippen LogP contribution in [-0.2, 0) is 6.42 Å². The first kappa shape index (κ1) is 18.7. The van der Waals surface area contributed by atoms with Gasteiger partial charge in [0.05, 0.1) is 5.52 Å². The van der Waals surface area contributed by atoms with Crippen molar-refractivity contribution in [2.45, 2.75) is 26.2 Å². The zero-order chi connectivity index (χ0) is 20.5. The van der Waals surface area contributed by atoms with E-state index in [-0.39, 0.29) is 0 Å². The van der Waals surface area contributed by atoms with Crippen molar-refractivity contribution in [3.8, 4) is 5.69 Å². The number of allylic oxidation sites excluding steroid dienone is 1. The van der Waals surface area contributed by atoms with E-state index in [9.17, 15) is 0 Å². The first-order chi connectivity index (χ1) is 14.8. The third-order valence-electron chi connectivity index (χ3n) is 6.29. The van der Waals surface area contributed by atoms with Gasteiger partial charge in [0.2, 0.25) is 0 Å². The zero-order valence-electron chi connectivity index (χ0n) is 17.8. The predicted molar refractivity (Wildman–Crippen MR) is 129 cm³/mol. The molecule has 150 valence electrons. The minimum absolute atomic E-state index is 0.632. The Kier molecular flexibility index (Phi) is 4.92. The minimum atomic E-state index is 0.632. The number of para-hydroxylation sites is 2. The van der Waals surface area contributed by atoms with Crippen LogP contribution < -0.4 is 4.90 Å². The van der Waals surface area contributed by atoms with Crippen LogP contribution in [0.2, 0.25) is 0 Å². The van der Waals surface area contributed by atoms with Gasteiger partial charge in [-0.3, -0.25) is 0 Å². The summed E-state index contributed by atoms with van der Waals surface area (Å²) in [5.74, 6) is 0.632. The minimum Gasteiger partial charge on any atom is -0.345 e. The highest BCUT2D eigenvalue weighted by Crippen LogP contribution is 2.38. The Bertz CT molecular complexity index is 1190. The normalized spacial score (nSPS) is 15.3. The maximum atomic E-state index is 2.43. The molecule has 0 N–H and O–H groups in total. The van der Waals surface area contributed by atoms with Crippen molar-refractivity contribution in [2.75, 3.05) is 11.9 Å². The smallest absolute Gasteiger partial charge is 0.0539 e. The summed E-state index contributed by atoms with van der Waals surface area (Å²) in [6, 6.07) is 28.2. The monoisotopic (exact) mass is 392 g/mol. The van der Waals surface area contributed by atoms with Crippen molar-refractivity contribution in [2.24, 2.45) is 5.92 Å². The third-order valence-corrected chi connectivity index (χ3v) is 6.29. The van der Waals surface area contributed by atoms with Gasteiger partial charge in [0, 0.05) is 35.2 Å². The molecule has 0 fully saturated rings. The number of nitrogens with zero attached hydrogens (tertiary/aromatic N) is 2. The zero-order valence-corrected chi connectivity index (χ0v) is 17.8. The molecule has 1 aliphatic carbocycles. The average Bonchev–Trinajstić information content (AvgIpc) is 3.13. The second-order valence-corrected chi connectivity index (χ2v) is 8.24. The lowest BCUT2D eigenvalue weighted by Crippen LogP contribution is -2.09. The van der Waals surface area contributed by atoms with Crippen LogP contribution in [0.1, 0.15) is 31.0 Å². The third kappa shape index (κ3) is 3.23. The summed E-state index contributed by atoms with van der Waals surface area (Å²) in [5, 5.41) is 1.37. The molecule has 1 unspecified atom stereocenters. The Morgan fingerprint density at radius 1 is 0.900 bits per heavy atom. The highest BCUT2D eigenvalue weighted by molar-refractivity contribution is 5.93. The van der Waals surface area contributed by atoms with E-state index in [1.54, 1.807) is 0 Å². The van der Waals surface area contributed by atoms with Gasteiger partial charge in [-0.05, 0) is 72.9 Å². The van der Waals surface area contributed by atoms with E-state index in [4.69, 9.17) is 0 Å². The largest absolute Gasteiger partial charge is 0.345 e. The topological polar surface area (TPSA) is 8.17 Å². The van der Waals surface area contributed by atoms with E-state index in [1.807, 2.05) is 0 Å². The SMILES string of the molecule is CCCC1C=Cc2c(c3cc(N(C)c4ccccc4)ccc3n2-c2ccccc2)C1. The Morgan fingerprint density at radius 3 is 2.37 bits per heavy atom. The van der Waals surface area contributed by atoms with Crippen LogP contribution in [0.25, 0.3) is 22.7 Å². The van der Waals surface area contributed by atoms with Crippen molar-refractivity contribution < 1.29 is 0 Å². The standard InChI is InChI=1S/C28H28N2/c1-3-10-21-15-17-27-25(19-21)26-20-24(29(2)22-11-6-4-7-12-22)16-18-28(26)30(27)23-13-8-5-9-14-23/h4-9,11-18,20-21H,3,10,19H2,1-2H3. The second kappa shape index (κ2) is 7.87. The molecule has 30 heavy (non-hydrogen) atoms. The summed E-state index contributed by atoms with van der Waals surface area (Å²) in [6.45, 7) is 2.28. The van der Waals surface area contributed by atoms with E-state index >= 15 is 0 Å². The van der Waals surface area contributed by atoms with Crippen molar-refractivity contribution in [1.82, 2.24) is 4.57 Å². The fourth-order valence-electron chi connectivity index (χ4n) is 4.74. The molecule has 3 aromatic carbocycles. The molecule has 0 saturated carbocycles. The van der Waals surface area contributed by atoms with Gasteiger partial charge < -0.3 is 9.47 Å². The summed E-state index contributed by atoms with van der Waals surface area (Å²) in [7, 11) is 2.15. The molecule has 1 atom stereocenters. The van der Waals surface area contributed by atoms with Gasteiger partial charge in [-0.15, -0.1) is 0 Å². The predicted octanol–water partition coefficient (Wildman–Crippen LogP) is 7.38. The molecule has 2 nitrogen and oxygen atoms in total. The number of rotatable bonds is 5. The fraction of sp³-hybridized carbons (Fsp3) is 0.214. The highest BCUT2D eigenvalue weighted by Gasteiger charge is 2.23. The van der Waals surface area contributed by atoms with Crippen LogP contribution in [0.15, 0.2) is 84.9 Å². The molecule has 1 aromatic heterocycles. The van der Waals surface area contributed by atoms with E-state index in [0.717, 1.165) is 6.42 Å². The van der Waals surface area contributed by atoms with Crippen molar-refractivity contribution >= 4 is 28.4 Å². The molecular weight excluding hydrogens is 364 g/mol. The number of hydrogen-bond acceptors (Lipinski definition) is 1. The molecule has 4 aromatic rings. The Labute approximate surface area is 179 Å². The van der Waals surface area contributed by atoms with Crippen molar-refractivity contribution in [3.05, 3.63) is 96.2 Å². The number of aromatic nitrogens is 1. The maximum absolute atomic E-state index is 2.43. The molecule has 0 bridgehead atoms. The second-order valence-electron chi connectivity index (χ2n) is 8.24. The van der Waals surface area contributed by atoms with E-state index in [2.05, 4.69) is 114 Å². The summed E-state index contributed by atoms with van der Waals surface area (Å²) in [6.07, 6.45) is 8.36. The van der Waals surface area contributed by atoms with Gasteiger partial charge in [0.15, 0.2) is 0 Å². The molecule has 1 heterocycles. The van der Waals surface area contributed by atoms with Gasteiger partial charge >= 0.3 is 0 Å². The first-order valence-electron chi connectivity index (χ1n) is 11.0. The van der Waals surface area contributed by atoms with Crippen LogP contribution in [0.5, 0.6) is 0 Å². The lowest BCUT2D eigenvalue weighted by molar-refractivity contribution is 0.575. The lowest BCUT2D eigenvalue weighted by Gasteiger charge is -2.20. The van der Waals surface area contributed by atoms with Gasteiger partial charge in [0.1, 0.15) is 0 Å². The molecule has 2 heteroatoms. The summed E-state index contributed by atoms with van der Waals surface area (Å²) >= 11 is 0. The average molecular weight is 393 g/mol. The highest BCUT2D eigenvalue weighted by atomic mass is 15.1. The molecular formula is C28H28N2. The number of hydrogen-bond donors (Lipinski definition) is 0. The Hall–Kier alpha value is -3.26. The molecule has 0 saturated heterocycles. The van der Waals surface area contributed by atoms with Crippen LogP contribution in [0.4, 0.5) is 11.4 Å². The molecule has 5 rings (SSSR count). The number of fused-ring (bicyclic) bond motifs is 3. The molecule has 1 aliphatic rings. The summed E-state index contributed by atoms with van der Waals surface area (Å²) in [5.41, 5.74) is 7.77. The van der Waals surface area contributed by atoms with Gasteiger partial charge in [-0.1, -0.05) is 55.8 Å².